The molecule has 0 heterocycles. The molecule has 27 heavy (non-hydrogen) atoms. The lowest BCUT2D eigenvalue weighted by molar-refractivity contribution is 0.440. The fourth-order valence-corrected chi connectivity index (χ4v) is 4.33. The van der Waals surface area contributed by atoms with Crippen molar-refractivity contribution < 1.29 is 0 Å². The highest BCUT2D eigenvalue weighted by Crippen LogP contribution is 2.42. The van der Waals surface area contributed by atoms with E-state index in [4.69, 9.17) is 23.2 Å². The smallest absolute Gasteiger partial charge is 0.0595 e. The predicted molar refractivity (Wildman–Crippen MR) is 115 cm³/mol. The summed E-state index contributed by atoms with van der Waals surface area (Å²) in [6.45, 7) is 3.01. The number of aryl methyl sites for hydroxylation is 1. The summed E-state index contributed by atoms with van der Waals surface area (Å²) in [6.07, 6.45) is 2.20. The minimum atomic E-state index is 0.369. The Balaban J connectivity index is 1.57. The maximum Gasteiger partial charge on any atom is 0.0595 e. The number of fused-ring (bicyclic) bond motifs is 1. The molecule has 0 aliphatic heterocycles. The van der Waals surface area contributed by atoms with E-state index in [0.29, 0.717) is 22.0 Å². The van der Waals surface area contributed by atoms with Gasteiger partial charge in [0.2, 0.25) is 0 Å². The van der Waals surface area contributed by atoms with Crippen molar-refractivity contribution in [2.75, 3.05) is 0 Å². The van der Waals surface area contributed by atoms with Crippen LogP contribution in [0.5, 0.6) is 0 Å². The fraction of sp³-hybridized carbons (Fsp3) is 0.250. The summed E-state index contributed by atoms with van der Waals surface area (Å²) >= 11 is 12.4. The third kappa shape index (κ3) is 4.06. The summed E-state index contributed by atoms with van der Waals surface area (Å²) in [5.74, 6) is 0.369. The van der Waals surface area contributed by atoms with Crippen LogP contribution >= 0.6 is 23.2 Å². The molecule has 1 aliphatic rings. The third-order valence-electron chi connectivity index (χ3n) is 5.51. The van der Waals surface area contributed by atoms with Crippen molar-refractivity contribution in [3.63, 3.8) is 0 Å². The van der Waals surface area contributed by atoms with E-state index in [2.05, 4.69) is 66.8 Å². The van der Waals surface area contributed by atoms with Crippen LogP contribution in [-0.2, 0) is 6.54 Å². The van der Waals surface area contributed by atoms with Gasteiger partial charge in [0.05, 0.1) is 10.0 Å². The van der Waals surface area contributed by atoms with Crippen molar-refractivity contribution >= 4 is 23.2 Å². The van der Waals surface area contributed by atoms with E-state index >= 15 is 0 Å². The minimum Gasteiger partial charge on any atom is -0.306 e. The van der Waals surface area contributed by atoms with Gasteiger partial charge in [0.25, 0.3) is 0 Å². The second-order valence-corrected chi connectivity index (χ2v) is 8.17. The molecule has 0 unspecified atom stereocenters. The maximum absolute atomic E-state index is 6.27. The van der Waals surface area contributed by atoms with Crippen LogP contribution in [0.4, 0.5) is 0 Å². The van der Waals surface area contributed by atoms with Crippen LogP contribution < -0.4 is 5.32 Å². The number of nitrogens with one attached hydrogen (secondary N) is 1. The molecule has 0 bridgehead atoms. The topological polar surface area (TPSA) is 12.0 Å². The number of rotatable bonds is 4. The first kappa shape index (κ1) is 18.6. The van der Waals surface area contributed by atoms with E-state index in [1.54, 1.807) is 0 Å². The molecule has 0 spiro atoms. The molecule has 4 rings (SSSR count). The van der Waals surface area contributed by atoms with Crippen LogP contribution in [0.2, 0.25) is 10.0 Å². The van der Waals surface area contributed by atoms with Gasteiger partial charge in [-0.25, -0.2) is 0 Å². The molecule has 0 radical (unpaired) electrons. The second kappa shape index (κ2) is 8.06. The van der Waals surface area contributed by atoms with Gasteiger partial charge in [0.15, 0.2) is 0 Å². The molecule has 3 aromatic carbocycles. The Labute approximate surface area is 171 Å². The Kier molecular flexibility index (Phi) is 5.54. The number of halogens is 2. The standard InChI is InChI=1S/C24H23Cl2N/c1-16-6-8-17(9-7-16)15-27-24-13-11-19(20-4-2-3-5-21(20)24)18-10-12-22(25)23(26)14-18/h2-10,12,14,19,24,27H,11,13,15H2,1H3/t19-,24+/m0/s1. The van der Waals surface area contributed by atoms with E-state index in [1.165, 1.54) is 27.8 Å². The van der Waals surface area contributed by atoms with Crippen LogP contribution in [0.3, 0.4) is 0 Å². The van der Waals surface area contributed by atoms with E-state index in [-0.39, 0.29) is 0 Å². The molecule has 1 aliphatic carbocycles. The zero-order chi connectivity index (χ0) is 18.8. The zero-order valence-corrected chi connectivity index (χ0v) is 16.9. The highest BCUT2D eigenvalue weighted by atomic mass is 35.5. The van der Waals surface area contributed by atoms with Crippen LogP contribution in [0.25, 0.3) is 0 Å². The monoisotopic (exact) mass is 395 g/mol. The Morgan fingerprint density at radius 1 is 0.852 bits per heavy atom. The minimum absolute atomic E-state index is 0.369. The molecule has 3 heteroatoms. The van der Waals surface area contributed by atoms with Gasteiger partial charge < -0.3 is 5.32 Å². The summed E-state index contributed by atoms with van der Waals surface area (Å²) < 4.78 is 0. The fourth-order valence-electron chi connectivity index (χ4n) is 4.02. The Bertz CT molecular complexity index is 933. The van der Waals surface area contributed by atoms with Gasteiger partial charge >= 0.3 is 0 Å². The van der Waals surface area contributed by atoms with Gasteiger partial charge in [-0.3, -0.25) is 0 Å². The molecular formula is C24H23Cl2N. The van der Waals surface area contributed by atoms with Crippen molar-refractivity contribution in [2.24, 2.45) is 0 Å². The molecular weight excluding hydrogens is 373 g/mol. The number of hydrogen-bond acceptors (Lipinski definition) is 1. The molecule has 3 aromatic rings. The van der Waals surface area contributed by atoms with Crippen molar-refractivity contribution in [3.8, 4) is 0 Å². The largest absolute Gasteiger partial charge is 0.306 e. The first-order chi connectivity index (χ1) is 13.1. The predicted octanol–water partition coefficient (Wildman–Crippen LogP) is 7.06. The average Bonchev–Trinajstić information content (AvgIpc) is 2.69. The number of hydrogen-bond donors (Lipinski definition) is 1. The van der Waals surface area contributed by atoms with E-state index in [9.17, 15) is 0 Å². The Hall–Kier alpha value is -1.80. The van der Waals surface area contributed by atoms with E-state index in [1.807, 2.05) is 12.1 Å². The van der Waals surface area contributed by atoms with Gasteiger partial charge in [-0.15, -0.1) is 0 Å². The molecule has 138 valence electrons. The lowest BCUT2D eigenvalue weighted by Crippen LogP contribution is -2.26. The van der Waals surface area contributed by atoms with Gasteiger partial charge in [0.1, 0.15) is 0 Å². The lowest BCUT2D eigenvalue weighted by Gasteiger charge is -2.33. The molecule has 2 atom stereocenters. The highest BCUT2D eigenvalue weighted by Gasteiger charge is 2.28. The quantitative estimate of drug-likeness (QED) is 0.498. The molecule has 1 nitrogen and oxygen atoms in total. The van der Waals surface area contributed by atoms with Crippen molar-refractivity contribution in [2.45, 2.75) is 38.3 Å². The second-order valence-electron chi connectivity index (χ2n) is 7.35. The maximum atomic E-state index is 6.27. The Morgan fingerprint density at radius 2 is 1.59 bits per heavy atom. The van der Waals surface area contributed by atoms with Crippen LogP contribution in [-0.4, -0.2) is 0 Å². The van der Waals surface area contributed by atoms with E-state index < -0.39 is 0 Å². The van der Waals surface area contributed by atoms with Crippen molar-refractivity contribution in [3.05, 3.63) is 105 Å². The zero-order valence-electron chi connectivity index (χ0n) is 15.4. The third-order valence-corrected chi connectivity index (χ3v) is 6.25. The molecule has 0 fully saturated rings. The molecule has 1 N–H and O–H groups in total. The lowest BCUT2D eigenvalue weighted by atomic mass is 9.76. The first-order valence-corrected chi connectivity index (χ1v) is 10.2. The normalized spacial score (nSPS) is 18.9. The molecule has 0 aromatic heterocycles. The highest BCUT2D eigenvalue weighted by molar-refractivity contribution is 6.42. The van der Waals surface area contributed by atoms with Crippen LogP contribution in [0, 0.1) is 6.92 Å². The van der Waals surface area contributed by atoms with Gasteiger partial charge in [0, 0.05) is 18.5 Å². The van der Waals surface area contributed by atoms with Gasteiger partial charge in [-0.2, -0.15) is 0 Å². The van der Waals surface area contributed by atoms with Crippen molar-refractivity contribution in [1.82, 2.24) is 5.32 Å². The summed E-state index contributed by atoms with van der Waals surface area (Å²) in [6, 6.07) is 23.9. The van der Waals surface area contributed by atoms with Crippen molar-refractivity contribution in [1.29, 1.82) is 0 Å². The molecule has 0 saturated carbocycles. The molecule has 0 saturated heterocycles. The van der Waals surface area contributed by atoms with E-state index in [0.717, 1.165) is 19.4 Å². The number of benzene rings is 3. The first-order valence-electron chi connectivity index (χ1n) is 9.44. The van der Waals surface area contributed by atoms with Gasteiger partial charge in [-0.05, 0) is 54.2 Å². The Morgan fingerprint density at radius 3 is 2.33 bits per heavy atom. The summed E-state index contributed by atoms with van der Waals surface area (Å²) in [4.78, 5) is 0. The summed E-state index contributed by atoms with van der Waals surface area (Å²) in [7, 11) is 0. The van der Waals surface area contributed by atoms with Gasteiger partial charge in [-0.1, -0.05) is 83.4 Å². The van der Waals surface area contributed by atoms with Crippen LogP contribution in [0.15, 0.2) is 66.7 Å². The summed E-state index contributed by atoms with van der Waals surface area (Å²) in [5, 5.41) is 5.00. The van der Waals surface area contributed by atoms with Crippen LogP contribution in [0.1, 0.15) is 52.6 Å². The summed E-state index contributed by atoms with van der Waals surface area (Å²) in [5.41, 5.74) is 6.65. The SMILES string of the molecule is Cc1ccc(CN[C@@H]2CC[C@@H](c3ccc(Cl)c(Cl)c3)c3ccccc32)cc1. The average molecular weight is 396 g/mol. The molecule has 0 amide bonds.